The quantitative estimate of drug-likeness (QED) is 0.542. The Morgan fingerprint density at radius 1 is 0.950 bits per heavy atom. The van der Waals surface area contributed by atoms with Crippen LogP contribution >= 0.6 is 23.2 Å². The molecular formula is C16H15Cl2NW. The molecule has 0 spiro atoms. The Morgan fingerprint density at radius 3 is 2.15 bits per heavy atom. The monoisotopic (exact) mass is 475 g/mol. The van der Waals surface area contributed by atoms with Crippen molar-refractivity contribution in [2.45, 2.75) is 19.3 Å². The van der Waals surface area contributed by atoms with Gasteiger partial charge in [-0.3, -0.25) is 0 Å². The van der Waals surface area contributed by atoms with Crippen LogP contribution < -0.4 is 0 Å². The van der Waals surface area contributed by atoms with Crippen LogP contribution in [0.4, 0.5) is 5.69 Å². The van der Waals surface area contributed by atoms with Gasteiger partial charge >= 0.3 is 138 Å². The maximum atomic E-state index is 6.13. The summed E-state index contributed by atoms with van der Waals surface area (Å²) in [4.78, 5) is 0. The van der Waals surface area contributed by atoms with E-state index in [4.69, 9.17) is 23.2 Å². The molecule has 0 aromatic heterocycles. The molecule has 0 N–H and O–H groups in total. The maximum absolute atomic E-state index is 6.13. The third-order valence-corrected chi connectivity index (χ3v) is 7.09. The van der Waals surface area contributed by atoms with E-state index in [2.05, 4.69) is 46.0 Å². The Labute approximate surface area is 137 Å². The first kappa shape index (κ1) is 15.8. The van der Waals surface area contributed by atoms with E-state index in [0.717, 1.165) is 5.69 Å². The molecular weight excluding hydrogens is 461 g/mol. The zero-order chi connectivity index (χ0) is 14.6. The topological polar surface area (TPSA) is 12.4 Å². The molecule has 0 radical (unpaired) electrons. The van der Waals surface area contributed by atoms with E-state index in [1.807, 2.05) is 24.3 Å². The van der Waals surface area contributed by atoms with Crippen molar-refractivity contribution in [1.29, 1.82) is 0 Å². The van der Waals surface area contributed by atoms with Gasteiger partial charge in [-0.15, -0.1) is 0 Å². The summed E-state index contributed by atoms with van der Waals surface area (Å²) in [5, 5.41) is 1.26. The summed E-state index contributed by atoms with van der Waals surface area (Å²) < 4.78 is 7.00. The van der Waals surface area contributed by atoms with E-state index in [-0.39, 0.29) is 5.41 Å². The van der Waals surface area contributed by atoms with Crippen LogP contribution in [0.25, 0.3) is 0 Å². The standard InChI is InChI=1S/C10H12.C6H3Cl2N.W/c1-10(2,3)9-7-5-4-6-8-9;7-4-2-1-3-5(8)6(4)9;/h1,4-8H,2-3H3;1-3H;. The van der Waals surface area contributed by atoms with Gasteiger partial charge in [0.05, 0.1) is 0 Å². The molecule has 104 valence electrons. The second-order valence-electron chi connectivity index (χ2n) is 4.97. The fraction of sp³-hybridized carbons (Fsp3) is 0.188. The minimum absolute atomic E-state index is 0.0309. The van der Waals surface area contributed by atoms with Crippen LogP contribution in [0.15, 0.2) is 52.0 Å². The van der Waals surface area contributed by atoms with Crippen LogP contribution in [0.5, 0.6) is 0 Å². The summed E-state index contributed by atoms with van der Waals surface area (Å²) in [5.41, 5.74) is 2.07. The van der Waals surface area contributed by atoms with Crippen LogP contribution in [0.1, 0.15) is 19.4 Å². The van der Waals surface area contributed by atoms with E-state index in [1.165, 1.54) is 5.56 Å². The minimum atomic E-state index is -1.01. The molecule has 0 aliphatic rings. The van der Waals surface area contributed by atoms with Gasteiger partial charge in [0.15, 0.2) is 0 Å². The summed E-state index contributed by atoms with van der Waals surface area (Å²) in [6.07, 6.45) is 0. The summed E-state index contributed by atoms with van der Waals surface area (Å²) in [6, 6.07) is 16.0. The summed E-state index contributed by atoms with van der Waals surface area (Å²) in [6.45, 7) is 4.43. The summed E-state index contributed by atoms with van der Waals surface area (Å²) in [7, 11) is 0. The van der Waals surface area contributed by atoms with Crippen molar-refractivity contribution in [1.82, 2.24) is 0 Å². The molecule has 0 fully saturated rings. The first-order valence-electron chi connectivity index (χ1n) is 6.21. The molecule has 2 aromatic rings. The number of hydrogen-bond acceptors (Lipinski definition) is 1. The van der Waals surface area contributed by atoms with Crippen molar-refractivity contribution < 1.29 is 17.9 Å². The average molecular weight is 476 g/mol. The van der Waals surface area contributed by atoms with Gasteiger partial charge in [-0.25, -0.2) is 0 Å². The van der Waals surface area contributed by atoms with E-state index in [9.17, 15) is 0 Å². The van der Waals surface area contributed by atoms with E-state index >= 15 is 0 Å². The molecule has 0 saturated heterocycles. The van der Waals surface area contributed by atoms with Gasteiger partial charge in [-0.05, 0) is 0 Å². The van der Waals surface area contributed by atoms with Crippen molar-refractivity contribution in [3.05, 3.63) is 64.1 Å². The fourth-order valence-electron chi connectivity index (χ4n) is 1.72. The van der Waals surface area contributed by atoms with Crippen molar-refractivity contribution in [3.8, 4) is 0 Å². The first-order valence-corrected chi connectivity index (χ1v) is 9.97. The molecule has 20 heavy (non-hydrogen) atoms. The number of rotatable bonds is 3. The first-order chi connectivity index (χ1) is 9.50. The molecule has 0 heterocycles. The molecule has 0 aliphatic carbocycles. The predicted octanol–water partition coefficient (Wildman–Crippen LogP) is 5.67. The Hall–Kier alpha value is -0.622. The van der Waals surface area contributed by atoms with Crippen LogP contribution in [-0.4, -0.2) is 4.40 Å². The zero-order valence-corrected chi connectivity index (χ0v) is 15.8. The zero-order valence-electron chi connectivity index (χ0n) is 11.3. The third kappa shape index (κ3) is 3.94. The Kier molecular flexibility index (Phi) is 5.43. The molecule has 0 bridgehead atoms. The van der Waals surface area contributed by atoms with Crippen molar-refractivity contribution in [2.75, 3.05) is 0 Å². The average Bonchev–Trinajstić information content (AvgIpc) is 2.43. The van der Waals surface area contributed by atoms with Gasteiger partial charge in [-0.1, -0.05) is 0 Å². The molecule has 0 saturated carbocycles. The van der Waals surface area contributed by atoms with Gasteiger partial charge in [0.25, 0.3) is 0 Å². The van der Waals surface area contributed by atoms with E-state index < -0.39 is 17.9 Å². The van der Waals surface area contributed by atoms with E-state index in [0.29, 0.717) is 10.0 Å². The normalized spacial score (nSPS) is 11.0. The molecule has 1 nitrogen and oxygen atoms in total. The Bertz CT molecular complexity index is 639. The summed E-state index contributed by atoms with van der Waals surface area (Å²) >= 11 is 11.3. The molecule has 0 aliphatic heterocycles. The van der Waals surface area contributed by atoms with Crippen LogP contribution in [0, 0.1) is 0 Å². The second kappa shape index (κ2) is 6.89. The van der Waals surface area contributed by atoms with Gasteiger partial charge in [0.2, 0.25) is 0 Å². The SMILES string of the molecule is CC(C)([CH]=[W]=[N]c1c(Cl)cccc1Cl)c1ccccc1. The van der Waals surface area contributed by atoms with Gasteiger partial charge in [0.1, 0.15) is 0 Å². The van der Waals surface area contributed by atoms with Crippen LogP contribution in [-0.2, 0) is 23.3 Å². The van der Waals surface area contributed by atoms with Crippen LogP contribution in [0.3, 0.4) is 0 Å². The van der Waals surface area contributed by atoms with Gasteiger partial charge in [0, 0.05) is 0 Å². The third-order valence-electron chi connectivity index (χ3n) is 2.95. The molecule has 0 unspecified atom stereocenters. The number of halogens is 2. The molecule has 0 amide bonds. The summed E-state index contributed by atoms with van der Waals surface area (Å²) in [5.74, 6) is 0. The predicted molar refractivity (Wildman–Crippen MR) is 84.1 cm³/mol. The van der Waals surface area contributed by atoms with Crippen molar-refractivity contribution >= 4 is 33.3 Å². The number of benzene rings is 2. The molecule has 0 atom stereocenters. The van der Waals surface area contributed by atoms with Crippen LogP contribution in [0.2, 0.25) is 10.0 Å². The molecule has 2 aromatic carbocycles. The van der Waals surface area contributed by atoms with Crippen molar-refractivity contribution in [3.63, 3.8) is 0 Å². The molecule has 4 heteroatoms. The van der Waals surface area contributed by atoms with Gasteiger partial charge in [-0.2, -0.15) is 0 Å². The van der Waals surface area contributed by atoms with E-state index in [1.54, 1.807) is 0 Å². The number of nitrogens with zero attached hydrogens (tertiary/aromatic N) is 1. The Morgan fingerprint density at radius 2 is 1.55 bits per heavy atom. The second-order valence-corrected chi connectivity index (χ2v) is 8.05. The molecule has 2 rings (SSSR count). The van der Waals surface area contributed by atoms with Crippen molar-refractivity contribution in [2.24, 2.45) is 3.50 Å². The van der Waals surface area contributed by atoms with Gasteiger partial charge < -0.3 is 0 Å². The number of hydrogen-bond donors (Lipinski definition) is 0. The fourth-order valence-corrected chi connectivity index (χ4v) is 5.32. The Balaban J connectivity index is 2.31.